The Morgan fingerprint density at radius 3 is 2.47 bits per heavy atom. The van der Waals surface area contributed by atoms with E-state index in [9.17, 15) is 0 Å². The van der Waals surface area contributed by atoms with Crippen molar-refractivity contribution in [3.8, 4) is 0 Å². The molecule has 0 radical (unpaired) electrons. The van der Waals surface area contributed by atoms with Crippen LogP contribution in [0.25, 0.3) is 10.9 Å². The van der Waals surface area contributed by atoms with Crippen molar-refractivity contribution in [3.05, 3.63) is 36.0 Å². The first-order valence-electron chi connectivity index (χ1n) is 5.95. The van der Waals surface area contributed by atoms with E-state index in [0.717, 1.165) is 5.52 Å². The molecule has 0 amide bonds. The lowest BCUT2D eigenvalue weighted by molar-refractivity contribution is 0.499. The first kappa shape index (κ1) is 12.5. The number of hydrogen-bond acceptors (Lipinski definition) is 2. The highest BCUT2D eigenvalue weighted by Gasteiger charge is 2.23. The van der Waals surface area contributed by atoms with E-state index in [1.165, 1.54) is 10.9 Å². The minimum atomic E-state index is 0.426. The van der Waals surface area contributed by atoms with Crippen LogP contribution in [0.2, 0.25) is 0 Å². The summed E-state index contributed by atoms with van der Waals surface area (Å²) in [7, 11) is 0. The van der Waals surface area contributed by atoms with Crippen molar-refractivity contribution in [3.63, 3.8) is 0 Å². The van der Waals surface area contributed by atoms with E-state index in [-0.39, 0.29) is 0 Å². The molecule has 2 unspecified atom stereocenters. The molecule has 0 bridgehead atoms. The molecule has 0 saturated heterocycles. The van der Waals surface area contributed by atoms with Gasteiger partial charge in [-0.1, -0.05) is 54.9 Å². The van der Waals surface area contributed by atoms with Crippen molar-refractivity contribution in [1.82, 2.24) is 10.2 Å². The van der Waals surface area contributed by atoms with Gasteiger partial charge in [0.15, 0.2) is 0 Å². The van der Waals surface area contributed by atoms with E-state index in [1.807, 2.05) is 18.3 Å². The zero-order valence-corrected chi connectivity index (χ0v) is 12.0. The third-order valence-corrected chi connectivity index (χ3v) is 3.72. The Bertz CT molecular complexity index is 495. The highest BCUT2D eigenvalue weighted by Crippen LogP contribution is 2.34. The van der Waals surface area contributed by atoms with Crippen LogP contribution < -0.4 is 0 Å². The first-order chi connectivity index (χ1) is 8.11. The first-order valence-corrected chi connectivity index (χ1v) is 6.87. The lowest BCUT2D eigenvalue weighted by Crippen LogP contribution is -2.16. The smallest absolute Gasteiger partial charge is 0.0932 e. The lowest BCUT2D eigenvalue weighted by atomic mass is 9.85. The second kappa shape index (κ2) is 5.13. The number of benzene rings is 1. The Morgan fingerprint density at radius 1 is 1.12 bits per heavy atom. The van der Waals surface area contributed by atoms with Gasteiger partial charge < -0.3 is 0 Å². The molecular formula is C14H17BrN2. The SMILES string of the molecule is CC(C)C(c1cnnc2ccccc12)C(C)Br. The van der Waals surface area contributed by atoms with Crippen molar-refractivity contribution in [2.75, 3.05) is 0 Å². The monoisotopic (exact) mass is 292 g/mol. The molecule has 0 aliphatic carbocycles. The molecule has 1 heterocycles. The summed E-state index contributed by atoms with van der Waals surface area (Å²) in [4.78, 5) is 0.426. The summed E-state index contributed by atoms with van der Waals surface area (Å²) in [5, 5.41) is 9.52. The molecule has 90 valence electrons. The third kappa shape index (κ3) is 2.49. The van der Waals surface area contributed by atoms with Crippen LogP contribution in [0.15, 0.2) is 30.5 Å². The molecule has 0 saturated carbocycles. The Morgan fingerprint density at radius 2 is 1.82 bits per heavy atom. The topological polar surface area (TPSA) is 25.8 Å². The molecule has 2 nitrogen and oxygen atoms in total. The van der Waals surface area contributed by atoms with E-state index in [0.29, 0.717) is 16.7 Å². The molecule has 2 atom stereocenters. The molecule has 0 spiro atoms. The fourth-order valence-electron chi connectivity index (χ4n) is 2.43. The minimum absolute atomic E-state index is 0.426. The van der Waals surface area contributed by atoms with Crippen molar-refractivity contribution < 1.29 is 0 Å². The second-order valence-corrected chi connectivity index (χ2v) is 6.21. The average molecular weight is 293 g/mol. The molecule has 1 aromatic carbocycles. The van der Waals surface area contributed by atoms with Crippen LogP contribution in [0.4, 0.5) is 0 Å². The van der Waals surface area contributed by atoms with Gasteiger partial charge in [-0.3, -0.25) is 0 Å². The Kier molecular flexibility index (Phi) is 3.77. The van der Waals surface area contributed by atoms with Gasteiger partial charge >= 0.3 is 0 Å². The van der Waals surface area contributed by atoms with Gasteiger partial charge in [0.05, 0.1) is 11.7 Å². The van der Waals surface area contributed by atoms with Crippen molar-refractivity contribution in [2.24, 2.45) is 5.92 Å². The van der Waals surface area contributed by atoms with Crippen LogP contribution in [-0.4, -0.2) is 15.0 Å². The third-order valence-electron chi connectivity index (χ3n) is 3.15. The molecule has 1 aromatic heterocycles. The van der Waals surface area contributed by atoms with E-state index in [1.54, 1.807) is 0 Å². The molecule has 2 rings (SSSR count). The van der Waals surface area contributed by atoms with Crippen LogP contribution >= 0.6 is 15.9 Å². The molecule has 0 fully saturated rings. The number of fused-ring (bicyclic) bond motifs is 1. The van der Waals surface area contributed by atoms with Gasteiger partial charge in [0, 0.05) is 16.1 Å². The zero-order valence-electron chi connectivity index (χ0n) is 10.4. The van der Waals surface area contributed by atoms with Crippen LogP contribution in [-0.2, 0) is 0 Å². The summed E-state index contributed by atoms with van der Waals surface area (Å²) in [6, 6.07) is 8.21. The summed E-state index contributed by atoms with van der Waals surface area (Å²) in [6.45, 7) is 6.69. The molecule has 17 heavy (non-hydrogen) atoms. The summed E-state index contributed by atoms with van der Waals surface area (Å²) in [6.07, 6.45) is 1.91. The summed E-state index contributed by atoms with van der Waals surface area (Å²) in [5.41, 5.74) is 2.26. The van der Waals surface area contributed by atoms with Crippen LogP contribution in [0.3, 0.4) is 0 Å². The van der Waals surface area contributed by atoms with Gasteiger partial charge in [0.1, 0.15) is 0 Å². The van der Waals surface area contributed by atoms with Gasteiger partial charge in [-0.2, -0.15) is 10.2 Å². The maximum atomic E-state index is 4.18. The normalized spacial score (nSPS) is 15.1. The molecule has 0 aliphatic heterocycles. The van der Waals surface area contributed by atoms with Gasteiger partial charge in [0.25, 0.3) is 0 Å². The van der Waals surface area contributed by atoms with Crippen molar-refractivity contribution >= 4 is 26.8 Å². The number of hydrogen-bond donors (Lipinski definition) is 0. The van der Waals surface area contributed by atoms with Crippen molar-refractivity contribution in [1.29, 1.82) is 0 Å². The Labute approximate surface area is 111 Å². The number of nitrogens with zero attached hydrogens (tertiary/aromatic N) is 2. The second-order valence-electron chi connectivity index (χ2n) is 4.76. The molecule has 0 aliphatic rings. The zero-order chi connectivity index (χ0) is 12.4. The van der Waals surface area contributed by atoms with Crippen LogP contribution in [0.1, 0.15) is 32.3 Å². The molecular weight excluding hydrogens is 276 g/mol. The fraction of sp³-hybridized carbons (Fsp3) is 0.429. The average Bonchev–Trinajstić information content (AvgIpc) is 2.28. The lowest BCUT2D eigenvalue weighted by Gasteiger charge is -2.24. The Balaban J connectivity index is 2.61. The number of rotatable bonds is 3. The fourth-order valence-corrected chi connectivity index (χ4v) is 3.33. The number of aromatic nitrogens is 2. The van der Waals surface area contributed by atoms with Gasteiger partial charge in [-0.15, -0.1) is 0 Å². The summed E-state index contributed by atoms with van der Waals surface area (Å²) in [5.74, 6) is 1.02. The quantitative estimate of drug-likeness (QED) is 0.794. The summed E-state index contributed by atoms with van der Waals surface area (Å²) >= 11 is 3.72. The van der Waals surface area contributed by atoms with Crippen LogP contribution in [0, 0.1) is 5.92 Å². The largest absolute Gasteiger partial charge is 0.158 e. The van der Waals surface area contributed by atoms with Crippen molar-refractivity contribution in [2.45, 2.75) is 31.5 Å². The van der Waals surface area contributed by atoms with E-state index in [2.05, 4.69) is 59.0 Å². The maximum absolute atomic E-state index is 4.18. The maximum Gasteiger partial charge on any atom is 0.0932 e. The molecule has 3 heteroatoms. The van der Waals surface area contributed by atoms with E-state index < -0.39 is 0 Å². The minimum Gasteiger partial charge on any atom is -0.158 e. The molecule has 2 aromatic rings. The van der Waals surface area contributed by atoms with Crippen LogP contribution in [0.5, 0.6) is 0 Å². The van der Waals surface area contributed by atoms with Gasteiger partial charge in [-0.25, -0.2) is 0 Å². The standard InChI is InChI=1S/C14H17BrN2/c1-9(2)14(10(3)15)12-8-16-17-13-7-5-4-6-11(12)13/h4-10,14H,1-3H3. The van der Waals surface area contributed by atoms with E-state index in [4.69, 9.17) is 0 Å². The predicted molar refractivity (Wildman–Crippen MR) is 75.5 cm³/mol. The van der Waals surface area contributed by atoms with E-state index >= 15 is 0 Å². The summed E-state index contributed by atoms with van der Waals surface area (Å²) < 4.78 is 0. The number of halogens is 1. The highest BCUT2D eigenvalue weighted by molar-refractivity contribution is 9.09. The Hall–Kier alpha value is -0.960. The predicted octanol–water partition coefficient (Wildman–Crippen LogP) is 4.15. The van der Waals surface area contributed by atoms with Gasteiger partial charge in [0.2, 0.25) is 0 Å². The highest BCUT2D eigenvalue weighted by atomic mass is 79.9. The van der Waals surface area contributed by atoms with Gasteiger partial charge in [-0.05, 0) is 17.5 Å². The number of alkyl halides is 1. The molecule has 0 N–H and O–H groups in total.